The van der Waals surface area contributed by atoms with E-state index in [9.17, 15) is 4.79 Å². The number of rotatable bonds is 3. The average molecular weight is 430 g/mol. The lowest BCUT2D eigenvalue weighted by Crippen LogP contribution is -2.43. The maximum atomic E-state index is 13.1. The smallest absolute Gasteiger partial charge is 0.222 e. The summed E-state index contributed by atoms with van der Waals surface area (Å²) in [7, 11) is 2.17. The number of hydrogen-bond acceptors (Lipinski definition) is 3. The molecule has 4 nitrogen and oxygen atoms in total. The molecule has 2 unspecified atom stereocenters. The zero-order valence-corrected chi connectivity index (χ0v) is 19.7. The van der Waals surface area contributed by atoms with E-state index in [0.29, 0.717) is 35.1 Å². The SMILES string of the molecule is CC.CC1CC(c2ccc(Cl)c3ncccc23)CN(C(=O)CC2CCN(C)CC2)C1. The predicted octanol–water partition coefficient (Wildman–Crippen LogP) is 5.60. The van der Waals surface area contributed by atoms with Crippen LogP contribution >= 0.6 is 11.6 Å². The van der Waals surface area contributed by atoms with Gasteiger partial charge in [0.2, 0.25) is 5.91 Å². The number of carbonyl (C=O) groups excluding carboxylic acids is 1. The molecule has 0 N–H and O–H groups in total. The highest BCUT2D eigenvalue weighted by atomic mass is 35.5. The Labute approximate surface area is 186 Å². The Morgan fingerprint density at radius 1 is 1.17 bits per heavy atom. The highest BCUT2D eigenvalue weighted by Crippen LogP contribution is 2.36. The topological polar surface area (TPSA) is 36.4 Å². The van der Waals surface area contributed by atoms with Gasteiger partial charge in [0, 0.05) is 37.0 Å². The molecule has 0 radical (unpaired) electrons. The highest BCUT2D eigenvalue weighted by molar-refractivity contribution is 6.35. The molecule has 2 aromatic rings. The number of pyridine rings is 1. The Morgan fingerprint density at radius 2 is 1.90 bits per heavy atom. The van der Waals surface area contributed by atoms with Crippen molar-refractivity contribution in [1.29, 1.82) is 0 Å². The van der Waals surface area contributed by atoms with Crippen LogP contribution in [0.2, 0.25) is 5.02 Å². The van der Waals surface area contributed by atoms with E-state index in [1.807, 2.05) is 26.0 Å². The first-order valence-corrected chi connectivity index (χ1v) is 11.9. The van der Waals surface area contributed by atoms with E-state index in [4.69, 9.17) is 11.6 Å². The first-order chi connectivity index (χ1) is 14.5. The number of fused-ring (bicyclic) bond motifs is 1. The lowest BCUT2D eigenvalue weighted by molar-refractivity contribution is -0.134. The van der Waals surface area contributed by atoms with Gasteiger partial charge in [-0.3, -0.25) is 9.78 Å². The third kappa shape index (κ3) is 5.33. The summed E-state index contributed by atoms with van der Waals surface area (Å²) in [4.78, 5) is 22.0. The van der Waals surface area contributed by atoms with Gasteiger partial charge in [0.25, 0.3) is 0 Å². The predicted molar refractivity (Wildman–Crippen MR) is 126 cm³/mol. The van der Waals surface area contributed by atoms with Gasteiger partial charge >= 0.3 is 0 Å². The molecule has 2 atom stereocenters. The number of amides is 1. The van der Waals surface area contributed by atoms with Crippen molar-refractivity contribution in [2.24, 2.45) is 11.8 Å². The fraction of sp³-hybridized carbons (Fsp3) is 0.600. The quantitative estimate of drug-likeness (QED) is 0.637. The van der Waals surface area contributed by atoms with Gasteiger partial charge in [-0.05, 0) is 68.9 Å². The van der Waals surface area contributed by atoms with Crippen molar-refractivity contribution in [3.05, 3.63) is 41.0 Å². The number of nitrogens with zero attached hydrogens (tertiary/aromatic N) is 3. The van der Waals surface area contributed by atoms with Gasteiger partial charge in [-0.25, -0.2) is 0 Å². The molecule has 1 aromatic carbocycles. The molecule has 0 spiro atoms. The molecular formula is C25H36ClN3O. The zero-order chi connectivity index (χ0) is 21.7. The second kappa shape index (κ2) is 10.6. The van der Waals surface area contributed by atoms with Crippen LogP contribution in [-0.2, 0) is 4.79 Å². The lowest BCUT2D eigenvalue weighted by Gasteiger charge is -2.38. The van der Waals surface area contributed by atoms with Crippen LogP contribution in [0.25, 0.3) is 10.9 Å². The molecule has 3 heterocycles. The van der Waals surface area contributed by atoms with Gasteiger partial charge < -0.3 is 9.80 Å². The Balaban J connectivity index is 0.00000124. The Hall–Kier alpha value is -1.65. The Kier molecular flexibility index (Phi) is 8.13. The molecule has 2 saturated heterocycles. The van der Waals surface area contributed by atoms with E-state index in [0.717, 1.165) is 56.3 Å². The number of piperidine rings is 2. The van der Waals surface area contributed by atoms with Crippen LogP contribution in [0.1, 0.15) is 57.9 Å². The monoisotopic (exact) mass is 429 g/mol. The van der Waals surface area contributed by atoms with E-state index in [1.165, 1.54) is 5.56 Å². The number of hydrogen-bond donors (Lipinski definition) is 0. The van der Waals surface area contributed by atoms with Gasteiger partial charge in [0.1, 0.15) is 0 Å². The molecule has 5 heteroatoms. The minimum Gasteiger partial charge on any atom is -0.342 e. The van der Waals surface area contributed by atoms with E-state index >= 15 is 0 Å². The largest absolute Gasteiger partial charge is 0.342 e. The van der Waals surface area contributed by atoms with E-state index in [2.05, 4.69) is 40.9 Å². The first-order valence-electron chi connectivity index (χ1n) is 11.5. The lowest BCUT2D eigenvalue weighted by atomic mass is 9.83. The van der Waals surface area contributed by atoms with Crippen LogP contribution in [0.5, 0.6) is 0 Å². The summed E-state index contributed by atoms with van der Waals surface area (Å²) < 4.78 is 0. The summed E-state index contributed by atoms with van der Waals surface area (Å²) in [6.45, 7) is 10.2. The van der Waals surface area contributed by atoms with Crippen LogP contribution < -0.4 is 0 Å². The van der Waals surface area contributed by atoms with Crippen molar-refractivity contribution < 1.29 is 4.79 Å². The zero-order valence-electron chi connectivity index (χ0n) is 18.9. The summed E-state index contributed by atoms with van der Waals surface area (Å²) in [5, 5.41) is 1.82. The first kappa shape index (κ1) is 23.0. The molecule has 0 saturated carbocycles. The van der Waals surface area contributed by atoms with Crippen molar-refractivity contribution in [3.8, 4) is 0 Å². The molecule has 30 heavy (non-hydrogen) atoms. The molecule has 4 rings (SSSR count). The van der Waals surface area contributed by atoms with Gasteiger partial charge in [-0.2, -0.15) is 0 Å². The molecular weight excluding hydrogens is 394 g/mol. The number of likely N-dealkylation sites (tertiary alicyclic amines) is 2. The molecule has 0 bridgehead atoms. The minimum absolute atomic E-state index is 0.336. The van der Waals surface area contributed by atoms with Crippen molar-refractivity contribution in [2.45, 2.75) is 52.4 Å². The number of benzene rings is 1. The third-order valence-electron chi connectivity index (χ3n) is 6.51. The fourth-order valence-electron chi connectivity index (χ4n) is 4.94. The normalized spacial score (nSPS) is 23.2. The van der Waals surface area contributed by atoms with Crippen molar-refractivity contribution in [3.63, 3.8) is 0 Å². The molecule has 1 aromatic heterocycles. The maximum Gasteiger partial charge on any atom is 0.222 e. The highest BCUT2D eigenvalue weighted by Gasteiger charge is 2.31. The summed E-state index contributed by atoms with van der Waals surface area (Å²) in [5.41, 5.74) is 2.14. The summed E-state index contributed by atoms with van der Waals surface area (Å²) in [6.07, 6.45) is 5.88. The summed E-state index contributed by atoms with van der Waals surface area (Å²) in [6, 6.07) is 8.16. The van der Waals surface area contributed by atoms with Gasteiger partial charge in [0.05, 0.1) is 10.5 Å². The summed E-state index contributed by atoms with van der Waals surface area (Å²) >= 11 is 6.36. The van der Waals surface area contributed by atoms with Crippen molar-refractivity contribution >= 4 is 28.4 Å². The molecule has 2 aliphatic heterocycles. The van der Waals surface area contributed by atoms with Crippen LogP contribution in [0.4, 0.5) is 0 Å². The molecule has 2 aliphatic rings. The Bertz CT molecular complexity index is 847. The third-order valence-corrected chi connectivity index (χ3v) is 6.81. The van der Waals surface area contributed by atoms with E-state index < -0.39 is 0 Å². The van der Waals surface area contributed by atoms with Gasteiger partial charge in [-0.1, -0.05) is 44.5 Å². The number of halogens is 1. The fourth-order valence-corrected chi connectivity index (χ4v) is 5.15. The second-order valence-electron chi connectivity index (χ2n) is 8.82. The molecule has 1 amide bonds. The maximum absolute atomic E-state index is 13.1. The van der Waals surface area contributed by atoms with E-state index in [1.54, 1.807) is 6.20 Å². The molecule has 164 valence electrons. The van der Waals surface area contributed by atoms with Crippen molar-refractivity contribution in [1.82, 2.24) is 14.8 Å². The number of aromatic nitrogens is 1. The van der Waals surface area contributed by atoms with Gasteiger partial charge in [0.15, 0.2) is 0 Å². The molecule has 2 fully saturated rings. The van der Waals surface area contributed by atoms with Gasteiger partial charge in [-0.15, -0.1) is 0 Å². The number of carbonyl (C=O) groups is 1. The van der Waals surface area contributed by atoms with Crippen LogP contribution in [0.3, 0.4) is 0 Å². The van der Waals surface area contributed by atoms with Crippen LogP contribution in [0, 0.1) is 11.8 Å². The van der Waals surface area contributed by atoms with Crippen molar-refractivity contribution in [2.75, 3.05) is 33.2 Å². The molecule has 0 aliphatic carbocycles. The second-order valence-corrected chi connectivity index (χ2v) is 9.23. The minimum atomic E-state index is 0.336. The average Bonchev–Trinajstić information content (AvgIpc) is 2.77. The van der Waals surface area contributed by atoms with Crippen LogP contribution in [-0.4, -0.2) is 53.9 Å². The van der Waals surface area contributed by atoms with E-state index in [-0.39, 0.29) is 0 Å². The van der Waals surface area contributed by atoms with Crippen LogP contribution in [0.15, 0.2) is 30.5 Å². The Morgan fingerprint density at radius 3 is 2.63 bits per heavy atom. The standard InChI is InChI=1S/C23H30ClN3O.C2H6/c1-16-12-18(19-5-6-21(24)23-20(19)4-3-9-25-23)15-27(14-16)22(28)13-17-7-10-26(2)11-8-17;1-2/h3-6,9,16-18H,7-8,10-15H2,1-2H3;1-2H3. The summed E-state index contributed by atoms with van der Waals surface area (Å²) in [5.74, 6) is 1.72.